The van der Waals surface area contributed by atoms with Gasteiger partial charge in [-0.15, -0.1) is 11.3 Å². The predicted octanol–water partition coefficient (Wildman–Crippen LogP) is 3.36. The zero-order chi connectivity index (χ0) is 16.1. The van der Waals surface area contributed by atoms with Crippen molar-refractivity contribution in [3.05, 3.63) is 39.9 Å². The van der Waals surface area contributed by atoms with Crippen molar-refractivity contribution in [1.29, 1.82) is 0 Å². The van der Waals surface area contributed by atoms with Crippen LogP contribution in [0, 0.1) is 6.92 Å². The molecule has 0 saturated heterocycles. The molecule has 2 atom stereocenters. The fourth-order valence-electron chi connectivity index (χ4n) is 2.83. The SMILES string of the molecule is COC(=O)c1cc(Cl)n(C2CC2c2nc(C)nc3sccc23)n1. The number of hydrogen-bond acceptors (Lipinski definition) is 6. The summed E-state index contributed by atoms with van der Waals surface area (Å²) in [4.78, 5) is 21.7. The standard InChI is InChI=1S/C15H13ClN4O2S/c1-7-17-13(8-3-4-23-14(8)18-7)9-5-11(9)20-12(16)6-10(19-20)15(21)22-2/h3-4,6,9,11H,5H2,1-2H3. The molecule has 3 aromatic heterocycles. The van der Waals surface area contributed by atoms with Gasteiger partial charge in [0.25, 0.3) is 0 Å². The highest BCUT2D eigenvalue weighted by atomic mass is 35.5. The number of thiophene rings is 1. The summed E-state index contributed by atoms with van der Waals surface area (Å²) in [6.45, 7) is 1.90. The third-order valence-corrected chi connectivity index (χ3v) is 5.06. The summed E-state index contributed by atoms with van der Waals surface area (Å²) in [5.41, 5.74) is 1.26. The Labute approximate surface area is 141 Å². The van der Waals surface area contributed by atoms with Crippen LogP contribution in [0.3, 0.4) is 0 Å². The second-order valence-corrected chi connectivity index (χ2v) is 6.78. The lowest BCUT2D eigenvalue weighted by Crippen LogP contribution is -2.05. The van der Waals surface area contributed by atoms with Crippen molar-refractivity contribution in [2.75, 3.05) is 7.11 Å². The van der Waals surface area contributed by atoms with Crippen LogP contribution in [0.1, 0.15) is 40.4 Å². The molecule has 1 aliphatic carbocycles. The number of hydrogen-bond donors (Lipinski definition) is 0. The smallest absolute Gasteiger partial charge is 0.358 e. The van der Waals surface area contributed by atoms with Crippen LogP contribution in [0.5, 0.6) is 0 Å². The molecule has 0 spiro atoms. The second-order valence-electron chi connectivity index (χ2n) is 5.49. The van der Waals surface area contributed by atoms with Crippen LogP contribution in [-0.2, 0) is 4.74 Å². The molecule has 0 radical (unpaired) electrons. The van der Waals surface area contributed by atoms with Crippen LogP contribution >= 0.6 is 22.9 Å². The quantitative estimate of drug-likeness (QED) is 0.679. The van der Waals surface area contributed by atoms with Crippen LogP contribution in [0.2, 0.25) is 5.15 Å². The van der Waals surface area contributed by atoms with Crippen LogP contribution in [-0.4, -0.2) is 32.8 Å². The number of halogens is 1. The largest absolute Gasteiger partial charge is 0.464 e. The number of carbonyl (C=O) groups excluding carboxylic acids is 1. The first-order valence-electron chi connectivity index (χ1n) is 7.13. The van der Waals surface area contributed by atoms with Gasteiger partial charge in [0.05, 0.1) is 18.8 Å². The van der Waals surface area contributed by atoms with E-state index in [0.717, 1.165) is 28.2 Å². The number of methoxy groups -OCH3 is 1. The van der Waals surface area contributed by atoms with E-state index in [1.165, 1.54) is 13.2 Å². The molecule has 4 rings (SSSR count). The van der Waals surface area contributed by atoms with Crippen LogP contribution < -0.4 is 0 Å². The first-order valence-corrected chi connectivity index (χ1v) is 8.39. The van der Waals surface area contributed by atoms with Crippen molar-refractivity contribution in [3.8, 4) is 0 Å². The van der Waals surface area contributed by atoms with Crippen molar-refractivity contribution in [1.82, 2.24) is 19.7 Å². The lowest BCUT2D eigenvalue weighted by atomic mass is 10.2. The van der Waals surface area contributed by atoms with Crippen LogP contribution in [0.15, 0.2) is 17.5 Å². The van der Waals surface area contributed by atoms with Gasteiger partial charge in [0.1, 0.15) is 15.8 Å². The molecule has 0 aromatic carbocycles. The number of rotatable bonds is 3. The van der Waals surface area contributed by atoms with E-state index in [0.29, 0.717) is 5.15 Å². The van der Waals surface area contributed by atoms with E-state index < -0.39 is 5.97 Å². The lowest BCUT2D eigenvalue weighted by molar-refractivity contribution is 0.0593. The summed E-state index contributed by atoms with van der Waals surface area (Å²) in [6.07, 6.45) is 0.892. The Morgan fingerprint density at radius 1 is 1.48 bits per heavy atom. The summed E-state index contributed by atoms with van der Waals surface area (Å²) in [7, 11) is 1.33. The van der Waals surface area contributed by atoms with Gasteiger partial charge in [-0.3, -0.25) is 0 Å². The molecule has 23 heavy (non-hydrogen) atoms. The molecule has 1 aliphatic rings. The number of aryl methyl sites for hydroxylation is 1. The van der Waals surface area contributed by atoms with Gasteiger partial charge in [-0.05, 0) is 24.8 Å². The third-order valence-electron chi connectivity index (χ3n) is 3.97. The van der Waals surface area contributed by atoms with Gasteiger partial charge in [0.2, 0.25) is 0 Å². The number of nitrogens with zero attached hydrogens (tertiary/aromatic N) is 4. The summed E-state index contributed by atoms with van der Waals surface area (Å²) in [6, 6.07) is 3.70. The molecular weight excluding hydrogens is 336 g/mol. The Hall–Kier alpha value is -1.99. The average molecular weight is 349 g/mol. The Morgan fingerprint density at radius 3 is 3.09 bits per heavy atom. The fraction of sp³-hybridized carbons (Fsp3) is 0.333. The Kier molecular flexibility index (Phi) is 3.35. The minimum absolute atomic E-state index is 0.110. The van der Waals surface area contributed by atoms with E-state index in [1.54, 1.807) is 16.0 Å². The summed E-state index contributed by atoms with van der Waals surface area (Å²) in [5, 5.41) is 7.82. The maximum atomic E-state index is 11.6. The fourth-order valence-corrected chi connectivity index (χ4v) is 3.91. The second kappa shape index (κ2) is 5.28. The van der Waals surface area contributed by atoms with E-state index >= 15 is 0 Å². The maximum absolute atomic E-state index is 11.6. The van der Waals surface area contributed by atoms with Crippen molar-refractivity contribution in [2.24, 2.45) is 0 Å². The summed E-state index contributed by atoms with van der Waals surface area (Å²) < 4.78 is 6.38. The minimum Gasteiger partial charge on any atom is -0.464 e. The van der Waals surface area contributed by atoms with Gasteiger partial charge in [-0.2, -0.15) is 5.10 Å². The first-order chi connectivity index (χ1) is 11.1. The Balaban J connectivity index is 1.68. The number of ether oxygens (including phenoxy) is 1. The number of carbonyl (C=O) groups is 1. The van der Waals surface area contributed by atoms with Gasteiger partial charge in [-0.25, -0.2) is 19.4 Å². The van der Waals surface area contributed by atoms with Crippen molar-refractivity contribution < 1.29 is 9.53 Å². The molecule has 1 fully saturated rings. The third kappa shape index (κ3) is 2.40. The average Bonchev–Trinajstić information content (AvgIpc) is 2.99. The molecule has 0 N–H and O–H groups in total. The lowest BCUT2D eigenvalue weighted by Gasteiger charge is -2.05. The van der Waals surface area contributed by atoms with E-state index in [1.807, 2.05) is 12.3 Å². The number of aromatic nitrogens is 4. The van der Waals surface area contributed by atoms with Gasteiger partial charge in [0.15, 0.2) is 5.69 Å². The highest BCUT2D eigenvalue weighted by molar-refractivity contribution is 7.16. The van der Waals surface area contributed by atoms with E-state index in [9.17, 15) is 4.79 Å². The molecule has 1 saturated carbocycles. The minimum atomic E-state index is -0.485. The van der Waals surface area contributed by atoms with Crippen molar-refractivity contribution in [3.63, 3.8) is 0 Å². The van der Waals surface area contributed by atoms with E-state index in [4.69, 9.17) is 11.6 Å². The van der Waals surface area contributed by atoms with E-state index in [2.05, 4.69) is 25.9 Å². The topological polar surface area (TPSA) is 69.9 Å². The molecule has 8 heteroatoms. The Morgan fingerprint density at radius 2 is 2.30 bits per heavy atom. The molecule has 3 aromatic rings. The van der Waals surface area contributed by atoms with Crippen LogP contribution in [0.4, 0.5) is 0 Å². The van der Waals surface area contributed by atoms with Gasteiger partial charge in [-0.1, -0.05) is 11.6 Å². The normalized spacial score (nSPS) is 20.0. The van der Waals surface area contributed by atoms with Crippen molar-refractivity contribution >= 4 is 39.1 Å². The first kappa shape index (κ1) is 14.6. The van der Waals surface area contributed by atoms with Gasteiger partial charge < -0.3 is 4.74 Å². The highest BCUT2D eigenvalue weighted by Gasteiger charge is 2.44. The summed E-state index contributed by atoms with van der Waals surface area (Å²) >= 11 is 7.84. The van der Waals surface area contributed by atoms with Gasteiger partial charge in [0, 0.05) is 17.4 Å². The summed E-state index contributed by atoms with van der Waals surface area (Å²) in [5.74, 6) is 0.514. The zero-order valence-corrected chi connectivity index (χ0v) is 14.1. The Bertz CT molecular complexity index is 919. The molecule has 0 bridgehead atoms. The molecule has 3 heterocycles. The van der Waals surface area contributed by atoms with Gasteiger partial charge >= 0.3 is 5.97 Å². The highest BCUT2D eigenvalue weighted by Crippen LogP contribution is 2.53. The predicted molar refractivity (Wildman–Crippen MR) is 87.1 cm³/mol. The molecule has 0 aliphatic heterocycles. The molecule has 118 valence electrons. The number of esters is 1. The molecule has 2 unspecified atom stereocenters. The number of fused-ring (bicyclic) bond motifs is 1. The molecule has 6 nitrogen and oxygen atoms in total. The monoisotopic (exact) mass is 348 g/mol. The zero-order valence-electron chi connectivity index (χ0n) is 12.5. The maximum Gasteiger partial charge on any atom is 0.358 e. The van der Waals surface area contributed by atoms with Crippen molar-refractivity contribution in [2.45, 2.75) is 25.3 Å². The van der Waals surface area contributed by atoms with Crippen LogP contribution in [0.25, 0.3) is 10.2 Å². The van der Waals surface area contributed by atoms with E-state index in [-0.39, 0.29) is 17.7 Å². The molecular formula is C15H13ClN4O2S. The molecule has 0 amide bonds.